The van der Waals surface area contributed by atoms with Crippen molar-refractivity contribution in [2.75, 3.05) is 0 Å². The van der Waals surface area contributed by atoms with E-state index in [1.807, 2.05) is 18.2 Å². The molecule has 0 bridgehead atoms. The number of hydrogen-bond acceptors (Lipinski definition) is 4. The third kappa shape index (κ3) is 2.02. The first-order valence-electron chi connectivity index (χ1n) is 3.88. The molecular formula is C8H6BClO2S2. The summed E-state index contributed by atoms with van der Waals surface area (Å²) < 4.78 is 1.28. The van der Waals surface area contributed by atoms with Crippen LogP contribution in [0.3, 0.4) is 0 Å². The van der Waals surface area contributed by atoms with E-state index in [0.717, 1.165) is 14.1 Å². The van der Waals surface area contributed by atoms with Crippen LogP contribution in [-0.4, -0.2) is 17.2 Å². The molecule has 0 aliphatic carbocycles. The lowest BCUT2D eigenvalue weighted by Gasteiger charge is -1.90. The van der Waals surface area contributed by atoms with Gasteiger partial charge < -0.3 is 10.0 Å². The van der Waals surface area contributed by atoms with Crippen LogP contribution in [0.2, 0.25) is 4.34 Å². The molecule has 2 aromatic heterocycles. The van der Waals surface area contributed by atoms with Crippen molar-refractivity contribution in [2.24, 2.45) is 0 Å². The SMILES string of the molecule is OB(O)c1ccc(-c2ccc(Cl)s2)s1. The molecule has 0 aliphatic rings. The second-order valence-corrected chi connectivity index (χ2v) is 5.51. The van der Waals surface area contributed by atoms with Gasteiger partial charge in [0, 0.05) is 14.5 Å². The van der Waals surface area contributed by atoms with E-state index in [-0.39, 0.29) is 0 Å². The first-order chi connectivity index (χ1) is 6.66. The predicted octanol–water partition coefficient (Wildman–Crippen LogP) is 1.81. The maximum atomic E-state index is 8.93. The molecule has 0 amide bonds. The molecule has 0 fully saturated rings. The maximum absolute atomic E-state index is 8.93. The lowest BCUT2D eigenvalue weighted by Crippen LogP contribution is -2.26. The van der Waals surface area contributed by atoms with Gasteiger partial charge >= 0.3 is 7.12 Å². The smallest absolute Gasteiger partial charge is 0.423 e. The molecule has 2 N–H and O–H groups in total. The van der Waals surface area contributed by atoms with Gasteiger partial charge in [-0.05, 0) is 18.2 Å². The van der Waals surface area contributed by atoms with Gasteiger partial charge in [0.05, 0.1) is 4.34 Å². The van der Waals surface area contributed by atoms with Crippen molar-refractivity contribution < 1.29 is 10.0 Å². The van der Waals surface area contributed by atoms with Crippen LogP contribution in [0.4, 0.5) is 0 Å². The van der Waals surface area contributed by atoms with Gasteiger partial charge in [0.25, 0.3) is 0 Å². The Morgan fingerprint density at radius 2 is 1.64 bits per heavy atom. The Labute approximate surface area is 94.6 Å². The summed E-state index contributed by atoms with van der Waals surface area (Å²) in [5.74, 6) is 0. The third-order valence-electron chi connectivity index (χ3n) is 1.70. The normalized spacial score (nSPS) is 10.5. The fourth-order valence-electron chi connectivity index (χ4n) is 1.07. The van der Waals surface area contributed by atoms with Gasteiger partial charge in [0.1, 0.15) is 0 Å². The Bertz CT molecular complexity index is 438. The van der Waals surface area contributed by atoms with E-state index in [0.29, 0.717) is 4.78 Å². The van der Waals surface area contributed by atoms with Crippen molar-refractivity contribution >= 4 is 46.2 Å². The van der Waals surface area contributed by atoms with Crippen LogP contribution in [0, 0.1) is 0 Å². The van der Waals surface area contributed by atoms with Crippen LogP contribution >= 0.6 is 34.3 Å². The Morgan fingerprint density at radius 3 is 2.14 bits per heavy atom. The molecule has 0 radical (unpaired) electrons. The molecule has 0 unspecified atom stereocenters. The quantitative estimate of drug-likeness (QED) is 0.791. The second kappa shape index (κ2) is 4.04. The minimum Gasteiger partial charge on any atom is -0.423 e. The van der Waals surface area contributed by atoms with Crippen molar-refractivity contribution in [1.29, 1.82) is 0 Å². The van der Waals surface area contributed by atoms with E-state index in [1.165, 1.54) is 22.7 Å². The summed E-state index contributed by atoms with van der Waals surface area (Å²) in [6.07, 6.45) is 0. The van der Waals surface area contributed by atoms with Crippen LogP contribution in [-0.2, 0) is 0 Å². The number of rotatable bonds is 2. The van der Waals surface area contributed by atoms with E-state index in [1.54, 1.807) is 6.07 Å². The minimum atomic E-state index is -1.39. The topological polar surface area (TPSA) is 40.5 Å². The lowest BCUT2D eigenvalue weighted by molar-refractivity contribution is 0.427. The molecule has 0 spiro atoms. The van der Waals surface area contributed by atoms with Gasteiger partial charge in [-0.3, -0.25) is 0 Å². The average molecular weight is 245 g/mol. The third-order valence-corrected chi connectivity index (χ3v) is 4.25. The Balaban J connectivity index is 2.33. The maximum Gasteiger partial charge on any atom is 0.499 e. The molecule has 6 heteroatoms. The summed E-state index contributed by atoms with van der Waals surface area (Å²) in [5, 5.41) is 17.9. The van der Waals surface area contributed by atoms with E-state index in [9.17, 15) is 0 Å². The summed E-state index contributed by atoms with van der Waals surface area (Å²) >= 11 is 8.64. The monoisotopic (exact) mass is 244 g/mol. The summed E-state index contributed by atoms with van der Waals surface area (Å²) in [6, 6.07) is 7.32. The first-order valence-corrected chi connectivity index (χ1v) is 5.89. The van der Waals surface area contributed by atoms with Gasteiger partial charge in [0.2, 0.25) is 0 Å². The summed E-state index contributed by atoms with van der Waals surface area (Å²) in [6.45, 7) is 0. The van der Waals surface area contributed by atoms with E-state index in [2.05, 4.69) is 0 Å². The Morgan fingerprint density at radius 1 is 1.00 bits per heavy atom. The van der Waals surface area contributed by atoms with Crippen molar-refractivity contribution in [3.63, 3.8) is 0 Å². The highest BCUT2D eigenvalue weighted by atomic mass is 35.5. The average Bonchev–Trinajstić information content (AvgIpc) is 2.70. The minimum absolute atomic E-state index is 0.546. The Kier molecular flexibility index (Phi) is 2.95. The van der Waals surface area contributed by atoms with Gasteiger partial charge in [-0.1, -0.05) is 17.7 Å². The van der Waals surface area contributed by atoms with Crippen LogP contribution in [0.15, 0.2) is 24.3 Å². The summed E-state index contributed by atoms with van der Waals surface area (Å²) in [4.78, 5) is 2.05. The zero-order valence-electron chi connectivity index (χ0n) is 6.98. The highest BCUT2D eigenvalue weighted by Crippen LogP contribution is 2.33. The van der Waals surface area contributed by atoms with Gasteiger partial charge in [-0.2, -0.15) is 0 Å². The van der Waals surface area contributed by atoms with Gasteiger partial charge in [0.15, 0.2) is 0 Å². The largest absolute Gasteiger partial charge is 0.499 e. The van der Waals surface area contributed by atoms with E-state index >= 15 is 0 Å². The number of halogens is 1. The Hall–Kier alpha value is -0.325. The molecular weight excluding hydrogens is 238 g/mol. The van der Waals surface area contributed by atoms with Crippen LogP contribution in [0.1, 0.15) is 0 Å². The molecule has 2 heterocycles. The highest BCUT2D eigenvalue weighted by Gasteiger charge is 2.14. The number of hydrogen-bond donors (Lipinski definition) is 2. The molecule has 0 saturated carbocycles. The molecule has 72 valence electrons. The van der Waals surface area contributed by atoms with Crippen LogP contribution in [0.5, 0.6) is 0 Å². The van der Waals surface area contributed by atoms with E-state index in [4.69, 9.17) is 21.6 Å². The molecule has 14 heavy (non-hydrogen) atoms. The summed E-state index contributed by atoms with van der Waals surface area (Å²) in [5.41, 5.74) is 0. The molecule has 2 nitrogen and oxygen atoms in total. The molecule has 0 aliphatic heterocycles. The van der Waals surface area contributed by atoms with Crippen molar-refractivity contribution in [3.05, 3.63) is 28.6 Å². The van der Waals surface area contributed by atoms with Crippen LogP contribution < -0.4 is 4.78 Å². The van der Waals surface area contributed by atoms with Crippen molar-refractivity contribution in [1.82, 2.24) is 0 Å². The molecule has 0 aromatic carbocycles. The molecule has 2 rings (SSSR count). The molecule has 2 aromatic rings. The van der Waals surface area contributed by atoms with Crippen molar-refractivity contribution in [3.8, 4) is 9.75 Å². The zero-order valence-corrected chi connectivity index (χ0v) is 9.36. The number of thiophene rings is 2. The summed E-state index contributed by atoms with van der Waals surface area (Å²) in [7, 11) is -1.39. The second-order valence-electron chi connectivity index (χ2n) is 2.68. The first kappa shape index (κ1) is 10.2. The fourth-order valence-corrected chi connectivity index (χ4v) is 3.08. The van der Waals surface area contributed by atoms with Gasteiger partial charge in [-0.25, -0.2) is 0 Å². The predicted molar refractivity (Wildman–Crippen MR) is 62.5 cm³/mol. The standard InChI is InChI=1S/C8H6BClO2S2/c10-8-4-2-6(14-8)5-1-3-7(13-5)9(11)12/h1-4,11-12H. The highest BCUT2D eigenvalue weighted by molar-refractivity contribution is 7.28. The van der Waals surface area contributed by atoms with Crippen LogP contribution in [0.25, 0.3) is 9.75 Å². The van der Waals surface area contributed by atoms with Gasteiger partial charge in [-0.15, -0.1) is 22.7 Å². The molecule has 0 atom stereocenters. The lowest BCUT2D eigenvalue weighted by atomic mass is 9.90. The van der Waals surface area contributed by atoms with Crippen molar-refractivity contribution in [2.45, 2.75) is 0 Å². The molecule has 0 saturated heterocycles. The van der Waals surface area contributed by atoms with E-state index < -0.39 is 7.12 Å². The fraction of sp³-hybridized carbons (Fsp3) is 0. The zero-order chi connectivity index (χ0) is 10.1.